The van der Waals surface area contributed by atoms with Gasteiger partial charge in [0.25, 0.3) is 5.69 Å². The highest BCUT2D eigenvalue weighted by atomic mass is 32.1. The van der Waals surface area contributed by atoms with Crippen molar-refractivity contribution < 1.29 is 9.76 Å². The number of oxime groups is 1. The zero-order valence-corrected chi connectivity index (χ0v) is 10.0. The first-order chi connectivity index (χ1) is 8.75. The maximum Gasteiger partial charge on any atom is 0.270 e. The van der Waals surface area contributed by atoms with Crippen LogP contribution in [0.5, 0.6) is 0 Å². The summed E-state index contributed by atoms with van der Waals surface area (Å²) in [5, 5.41) is 16.2. The smallest absolute Gasteiger partial charge is 0.270 e. The van der Waals surface area contributed by atoms with E-state index in [1.807, 2.05) is 5.38 Å². The SMILES string of the molecule is O=[N+]([O-])c1cccc(C=NOCc2cscn2)c1. The van der Waals surface area contributed by atoms with Gasteiger partial charge in [0.2, 0.25) is 0 Å². The van der Waals surface area contributed by atoms with E-state index < -0.39 is 4.92 Å². The number of nitro groups is 1. The Morgan fingerprint density at radius 2 is 2.44 bits per heavy atom. The molecule has 0 aliphatic heterocycles. The Labute approximate surface area is 107 Å². The first kappa shape index (κ1) is 12.2. The molecule has 0 spiro atoms. The molecule has 0 saturated carbocycles. The number of hydrogen-bond acceptors (Lipinski definition) is 6. The number of thiazole rings is 1. The number of hydrogen-bond donors (Lipinski definition) is 0. The minimum absolute atomic E-state index is 0.0263. The van der Waals surface area contributed by atoms with Crippen LogP contribution in [-0.4, -0.2) is 16.1 Å². The number of non-ortho nitro benzene ring substituents is 1. The largest absolute Gasteiger partial charge is 0.389 e. The molecule has 6 nitrogen and oxygen atoms in total. The van der Waals surface area contributed by atoms with Crippen LogP contribution in [0.4, 0.5) is 5.69 Å². The highest BCUT2D eigenvalue weighted by Gasteiger charge is 2.03. The Morgan fingerprint density at radius 1 is 1.56 bits per heavy atom. The van der Waals surface area contributed by atoms with Crippen LogP contribution in [0.1, 0.15) is 11.3 Å². The zero-order valence-electron chi connectivity index (χ0n) is 9.22. The predicted octanol–water partition coefficient (Wildman–Crippen LogP) is 2.60. The van der Waals surface area contributed by atoms with Crippen molar-refractivity contribution in [1.82, 2.24) is 4.98 Å². The molecule has 0 radical (unpaired) electrons. The second-order valence-electron chi connectivity index (χ2n) is 3.34. The zero-order chi connectivity index (χ0) is 12.8. The number of aromatic nitrogens is 1. The van der Waals surface area contributed by atoms with Gasteiger partial charge in [0.1, 0.15) is 0 Å². The molecule has 18 heavy (non-hydrogen) atoms. The Morgan fingerprint density at radius 3 is 3.17 bits per heavy atom. The maximum atomic E-state index is 10.6. The minimum Gasteiger partial charge on any atom is -0.389 e. The van der Waals surface area contributed by atoms with Crippen LogP contribution in [-0.2, 0) is 11.4 Å². The van der Waals surface area contributed by atoms with Crippen molar-refractivity contribution in [2.24, 2.45) is 5.16 Å². The topological polar surface area (TPSA) is 77.6 Å². The van der Waals surface area contributed by atoms with E-state index in [0.717, 1.165) is 5.69 Å². The number of nitrogens with zero attached hydrogens (tertiary/aromatic N) is 3. The molecule has 0 bridgehead atoms. The Kier molecular flexibility index (Phi) is 3.98. The van der Waals surface area contributed by atoms with Gasteiger partial charge in [-0.25, -0.2) is 4.98 Å². The van der Waals surface area contributed by atoms with E-state index in [4.69, 9.17) is 4.84 Å². The van der Waals surface area contributed by atoms with Crippen molar-refractivity contribution >= 4 is 23.2 Å². The Hall–Kier alpha value is -2.28. The highest BCUT2D eigenvalue weighted by Crippen LogP contribution is 2.11. The van der Waals surface area contributed by atoms with Crippen LogP contribution in [0.15, 0.2) is 40.3 Å². The Balaban J connectivity index is 1.92. The van der Waals surface area contributed by atoms with E-state index in [1.54, 1.807) is 17.6 Å². The van der Waals surface area contributed by atoms with Crippen LogP contribution in [0.25, 0.3) is 0 Å². The van der Waals surface area contributed by atoms with Crippen molar-refractivity contribution in [3.05, 3.63) is 56.5 Å². The average molecular weight is 263 g/mol. The lowest BCUT2D eigenvalue weighted by molar-refractivity contribution is -0.384. The van der Waals surface area contributed by atoms with Gasteiger partial charge >= 0.3 is 0 Å². The van der Waals surface area contributed by atoms with Crippen LogP contribution in [0, 0.1) is 10.1 Å². The number of nitro benzene ring substituents is 1. The normalized spacial score (nSPS) is 10.7. The molecule has 0 fully saturated rings. The lowest BCUT2D eigenvalue weighted by Crippen LogP contribution is -1.91. The lowest BCUT2D eigenvalue weighted by atomic mass is 10.2. The summed E-state index contributed by atoms with van der Waals surface area (Å²) in [6, 6.07) is 6.16. The molecule has 0 aliphatic rings. The van der Waals surface area contributed by atoms with Crippen molar-refractivity contribution in [1.29, 1.82) is 0 Å². The molecule has 1 aromatic heterocycles. The van der Waals surface area contributed by atoms with Gasteiger partial charge in [-0.1, -0.05) is 17.3 Å². The fourth-order valence-electron chi connectivity index (χ4n) is 1.23. The van der Waals surface area contributed by atoms with Gasteiger partial charge < -0.3 is 4.84 Å². The highest BCUT2D eigenvalue weighted by molar-refractivity contribution is 7.07. The van der Waals surface area contributed by atoms with Gasteiger partial charge in [-0.3, -0.25) is 10.1 Å². The molecule has 0 atom stereocenters. The van der Waals surface area contributed by atoms with Crippen LogP contribution in [0.3, 0.4) is 0 Å². The summed E-state index contributed by atoms with van der Waals surface area (Å²) in [4.78, 5) is 19.2. The van der Waals surface area contributed by atoms with Gasteiger partial charge in [-0.05, 0) is 0 Å². The average Bonchev–Trinajstić information content (AvgIpc) is 2.88. The molecule has 1 aromatic carbocycles. The Bertz CT molecular complexity index is 554. The quantitative estimate of drug-likeness (QED) is 0.472. The molecule has 1 heterocycles. The molecule has 0 N–H and O–H groups in total. The monoisotopic (exact) mass is 263 g/mol. The van der Waals surface area contributed by atoms with Gasteiger partial charge in [0.05, 0.1) is 22.3 Å². The van der Waals surface area contributed by atoms with E-state index >= 15 is 0 Å². The van der Waals surface area contributed by atoms with E-state index in [9.17, 15) is 10.1 Å². The fourth-order valence-corrected chi connectivity index (χ4v) is 1.77. The second kappa shape index (κ2) is 5.87. The maximum absolute atomic E-state index is 10.6. The molecular weight excluding hydrogens is 254 g/mol. The molecule has 0 unspecified atom stereocenters. The fraction of sp³-hybridized carbons (Fsp3) is 0.0909. The summed E-state index contributed by atoms with van der Waals surface area (Å²) >= 11 is 1.48. The number of benzene rings is 1. The summed E-state index contributed by atoms with van der Waals surface area (Å²) in [6.45, 7) is 0.287. The van der Waals surface area contributed by atoms with Crippen molar-refractivity contribution in [3.63, 3.8) is 0 Å². The third kappa shape index (κ3) is 3.36. The molecule has 0 saturated heterocycles. The summed E-state index contributed by atoms with van der Waals surface area (Å²) in [5.74, 6) is 0. The van der Waals surface area contributed by atoms with Crippen molar-refractivity contribution in [2.75, 3.05) is 0 Å². The van der Waals surface area contributed by atoms with Crippen LogP contribution >= 0.6 is 11.3 Å². The van der Waals surface area contributed by atoms with Crippen molar-refractivity contribution in [3.8, 4) is 0 Å². The third-order valence-electron chi connectivity index (χ3n) is 2.05. The van der Waals surface area contributed by atoms with E-state index in [2.05, 4.69) is 10.1 Å². The molecule has 92 valence electrons. The van der Waals surface area contributed by atoms with Crippen LogP contribution < -0.4 is 0 Å². The molecule has 7 heteroatoms. The van der Waals surface area contributed by atoms with Gasteiger partial charge in [0, 0.05) is 23.1 Å². The second-order valence-corrected chi connectivity index (χ2v) is 4.06. The van der Waals surface area contributed by atoms with E-state index in [0.29, 0.717) is 5.56 Å². The summed E-state index contributed by atoms with van der Waals surface area (Å²) < 4.78 is 0. The van der Waals surface area contributed by atoms with Gasteiger partial charge in [0.15, 0.2) is 6.61 Å². The summed E-state index contributed by atoms with van der Waals surface area (Å²) in [5.41, 5.74) is 3.15. The molecular formula is C11H9N3O3S. The summed E-state index contributed by atoms with van der Waals surface area (Å²) in [6.07, 6.45) is 1.43. The molecule has 0 aliphatic carbocycles. The first-order valence-corrected chi connectivity index (χ1v) is 5.97. The standard InChI is InChI=1S/C11H9N3O3S/c15-14(16)11-3-1-2-9(4-11)5-13-17-6-10-7-18-8-12-10/h1-5,7-8H,6H2. The van der Waals surface area contributed by atoms with Gasteiger partial charge in [-0.2, -0.15) is 0 Å². The first-order valence-electron chi connectivity index (χ1n) is 5.02. The molecule has 2 aromatic rings. The molecule has 2 rings (SSSR count). The van der Waals surface area contributed by atoms with Gasteiger partial charge in [-0.15, -0.1) is 11.3 Å². The lowest BCUT2D eigenvalue weighted by Gasteiger charge is -1.95. The van der Waals surface area contributed by atoms with E-state index in [-0.39, 0.29) is 12.3 Å². The number of rotatable bonds is 5. The molecule has 0 amide bonds. The van der Waals surface area contributed by atoms with E-state index in [1.165, 1.54) is 29.7 Å². The predicted molar refractivity (Wildman–Crippen MR) is 67.6 cm³/mol. The van der Waals surface area contributed by atoms with Crippen LogP contribution in [0.2, 0.25) is 0 Å². The minimum atomic E-state index is -0.451. The van der Waals surface area contributed by atoms with Crippen molar-refractivity contribution in [2.45, 2.75) is 6.61 Å². The summed E-state index contributed by atoms with van der Waals surface area (Å²) in [7, 11) is 0. The third-order valence-corrected chi connectivity index (χ3v) is 2.69.